The lowest BCUT2D eigenvalue weighted by Gasteiger charge is -2.25. The van der Waals surface area contributed by atoms with E-state index < -0.39 is 5.91 Å². The number of anilines is 2. The smallest absolute Gasteiger partial charge is 0.271 e. The average Bonchev–Trinajstić information content (AvgIpc) is 2.47. The number of nitrogens with two attached hydrogens (primary N) is 2. The number of nitrogens with one attached hydrogen (secondary N) is 2. The molecule has 0 bridgehead atoms. The first-order chi connectivity index (χ1) is 10.5. The van der Waals surface area contributed by atoms with Crippen molar-refractivity contribution in [1.29, 1.82) is 0 Å². The Labute approximate surface area is 130 Å². The van der Waals surface area contributed by atoms with Crippen molar-refractivity contribution in [2.45, 2.75) is 45.3 Å². The highest BCUT2D eigenvalue weighted by atomic mass is 16.5. The Morgan fingerprint density at radius 1 is 1.36 bits per heavy atom. The molecule has 1 aromatic heterocycles. The van der Waals surface area contributed by atoms with E-state index in [2.05, 4.69) is 20.6 Å². The quantitative estimate of drug-likeness (QED) is 0.561. The maximum absolute atomic E-state index is 11.6. The molecule has 1 atom stereocenters. The number of primary amides is 1. The molecule has 1 unspecified atom stereocenters. The molecule has 1 amide bonds. The van der Waals surface area contributed by atoms with E-state index in [-0.39, 0.29) is 17.9 Å². The molecule has 2 heterocycles. The third-order valence-electron chi connectivity index (χ3n) is 3.46. The van der Waals surface area contributed by atoms with E-state index in [1.807, 2.05) is 6.92 Å². The molecule has 0 aliphatic carbocycles. The summed E-state index contributed by atoms with van der Waals surface area (Å²) in [6, 6.07) is 0.288. The molecule has 0 aromatic carbocycles. The second-order valence-corrected chi connectivity index (χ2v) is 5.40. The molecule has 1 aromatic rings. The van der Waals surface area contributed by atoms with E-state index in [1.54, 1.807) is 6.92 Å². The average molecular weight is 308 g/mol. The minimum absolute atomic E-state index is 0.117. The van der Waals surface area contributed by atoms with Gasteiger partial charge in [0.15, 0.2) is 11.5 Å². The number of amides is 1. The fourth-order valence-electron chi connectivity index (χ4n) is 2.36. The maximum atomic E-state index is 11.6. The summed E-state index contributed by atoms with van der Waals surface area (Å²) in [5.41, 5.74) is 12.0. The van der Waals surface area contributed by atoms with Crippen molar-refractivity contribution in [2.75, 3.05) is 23.8 Å². The molecule has 1 aliphatic rings. The van der Waals surface area contributed by atoms with E-state index in [0.29, 0.717) is 18.1 Å². The van der Waals surface area contributed by atoms with Crippen LogP contribution < -0.4 is 22.1 Å². The third-order valence-corrected chi connectivity index (χ3v) is 3.46. The zero-order valence-electron chi connectivity index (χ0n) is 13.1. The van der Waals surface area contributed by atoms with Gasteiger partial charge >= 0.3 is 0 Å². The summed E-state index contributed by atoms with van der Waals surface area (Å²) < 4.78 is 5.35. The molecule has 22 heavy (non-hydrogen) atoms. The van der Waals surface area contributed by atoms with Gasteiger partial charge in [-0.15, -0.1) is 0 Å². The third kappa shape index (κ3) is 4.05. The standard InChI is InChI=1S/C14H24N6O2/c1-3-10-13(18-9-4-6-22-7-5-9)20-14(17-8(2)15)11(19-10)12(16)21/h8-9H,3-7,15H2,1-2H3,(H2,16,21)(H2,17,18,20). The van der Waals surface area contributed by atoms with Crippen molar-refractivity contribution >= 4 is 17.5 Å². The first-order valence-corrected chi connectivity index (χ1v) is 7.58. The fraction of sp³-hybridized carbons (Fsp3) is 0.643. The Bertz CT molecular complexity index is 528. The van der Waals surface area contributed by atoms with Gasteiger partial charge in [0.05, 0.1) is 11.9 Å². The predicted molar refractivity (Wildman–Crippen MR) is 84.7 cm³/mol. The number of rotatable bonds is 6. The fourth-order valence-corrected chi connectivity index (χ4v) is 2.36. The van der Waals surface area contributed by atoms with Crippen LogP contribution in [0.25, 0.3) is 0 Å². The van der Waals surface area contributed by atoms with E-state index in [9.17, 15) is 4.79 Å². The summed E-state index contributed by atoms with van der Waals surface area (Å²) in [5, 5.41) is 6.32. The largest absolute Gasteiger partial charge is 0.381 e. The molecule has 0 spiro atoms. The summed E-state index contributed by atoms with van der Waals surface area (Å²) in [6.07, 6.45) is 2.12. The zero-order valence-corrected chi connectivity index (χ0v) is 13.1. The topological polar surface area (TPSA) is 128 Å². The Morgan fingerprint density at radius 2 is 2.05 bits per heavy atom. The van der Waals surface area contributed by atoms with Crippen LogP contribution in [0.5, 0.6) is 0 Å². The van der Waals surface area contributed by atoms with Gasteiger partial charge < -0.3 is 26.8 Å². The lowest BCUT2D eigenvalue weighted by Crippen LogP contribution is -2.31. The van der Waals surface area contributed by atoms with Crippen molar-refractivity contribution in [2.24, 2.45) is 11.5 Å². The first-order valence-electron chi connectivity index (χ1n) is 7.58. The highest BCUT2D eigenvalue weighted by Gasteiger charge is 2.20. The van der Waals surface area contributed by atoms with Gasteiger partial charge in [-0.3, -0.25) is 4.79 Å². The van der Waals surface area contributed by atoms with Crippen LogP contribution in [-0.2, 0) is 11.2 Å². The second kappa shape index (κ2) is 7.37. The van der Waals surface area contributed by atoms with Gasteiger partial charge in [0.25, 0.3) is 5.91 Å². The summed E-state index contributed by atoms with van der Waals surface area (Å²) in [6.45, 7) is 5.18. The Hall–Kier alpha value is -1.93. The molecular weight excluding hydrogens is 284 g/mol. The van der Waals surface area contributed by atoms with Gasteiger partial charge in [0.2, 0.25) is 0 Å². The van der Waals surface area contributed by atoms with Crippen molar-refractivity contribution < 1.29 is 9.53 Å². The highest BCUT2D eigenvalue weighted by Crippen LogP contribution is 2.21. The molecule has 1 saturated heterocycles. The van der Waals surface area contributed by atoms with E-state index in [4.69, 9.17) is 16.2 Å². The SMILES string of the molecule is CCc1nc(C(N)=O)c(NC(C)N)nc1NC1CCOCC1. The minimum atomic E-state index is -0.622. The van der Waals surface area contributed by atoms with Gasteiger partial charge in [0.1, 0.15) is 5.82 Å². The van der Waals surface area contributed by atoms with Crippen molar-refractivity contribution in [1.82, 2.24) is 9.97 Å². The number of nitrogens with zero attached hydrogens (tertiary/aromatic N) is 2. The molecular formula is C14H24N6O2. The molecule has 0 radical (unpaired) electrons. The second-order valence-electron chi connectivity index (χ2n) is 5.40. The van der Waals surface area contributed by atoms with Gasteiger partial charge in [-0.25, -0.2) is 9.97 Å². The zero-order chi connectivity index (χ0) is 16.1. The molecule has 2 rings (SSSR count). The molecule has 6 N–H and O–H groups in total. The Kier molecular flexibility index (Phi) is 5.51. The number of carbonyl (C=O) groups is 1. The van der Waals surface area contributed by atoms with E-state index in [1.165, 1.54) is 0 Å². The molecule has 8 nitrogen and oxygen atoms in total. The number of hydrogen-bond donors (Lipinski definition) is 4. The maximum Gasteiger partial charge on any atom is 0.271 e. The summed E-state index contributed by atoms with van der Waals surface area (Å²) >= 11 is 0. The van der Waals surface area contributed by atoms with E-state index >= 15 is 0 Å². The highest BCUT2D eigenvalue weighted by molar-refractivity contribution is 5.95. The van der Waals surface area contributed by atoms with Crippen LogP contribution in [0.2, 0.25) is 0 Å². The Balaban J connectivity index is 2.31. The normalized spacial score (nSPS) is 17.0. The number of carbonyl (C=O) groups excluding carboxylic acids is 1. The monoisotopic (exact) mass is 308 g/mol. The number of ether oxygens (including phenoxy) is 1. The van der Waals surface area contributed by atoms with Crippen LogP contribution in [0.15, 0.2) is 0 Å². The van der Waals surface area contributed by atoms with Crippen molar-refractivity contribution in [3.8, 4) is 0 Å². The molecule has 1 fully saturated rings. The molecule has 0 saturated carbocycles. The van der Waals surface area contributed by atoms with Crippen LogP contribution in [0, 0.1) is 0 Å². The predicted octanol–water partition coefficient (Wildman–Crippen LogP) is 0.445. The molecule has 8 heteroatoms. The molecule has 122 valence electrons. The van der Waals surface area contributed by atoms with Gasteiger partial charge in [-0.1, -0.05) is 6.92 Å². The van der Waals surface area contributed by atoms with Crippen molar-refractivity contribution in [3.05, 3.63) is 11.4 Å². The lowest BCUT2D eigenvalue weighted by atomic mass is 10.1. The van der Waals surface area contributed by atoms with Crippen LogP contribution >= 0.6 is 0 Å². The van der Waals surface area contributed by atoms with E-state index in [0.717, 1.165) is 31.7 Å². The lowest BCUT2D eigenvalue weighted by molar-refractivity contribution is 0.0903. The molecule has 1 aliphatic heterocycles. The number of aromatic nitrogens is 2. The number of aryl methyl sites for hydroxylation is 1. The first kappa shape index (κ1) is 16.4. The van der Waals surface area contributed by atoms with Crippen LogP contribution in [0.3, 0.4) is 0 Å². The Morgan fingerprint density at radius 3 is 2.59 bits per heavy atom. The minimum Gasteiger partial charge on any atom is -0.381 e. The summed E-state index contributed by atoms with van der Waals surface area (Å²) in [5.74, 6) is 0.361. The summed E-state index contributed by atoms with van der Waals surface area (Å²) in [4.78, 5) is 20.4. The van der Waals surface area contributed by atoms with Gasteiger partial charge in [-0.2, -0.15) is 0 Å². The van der Waals surface area contributed by atoms with Gasteiger partial charge in [0, 0.05) is 19.3 Å². The van der Waals surface area contributed by atoms with Crippen LogP contribution in [-0.4, -0.2) is 41.3 Å². The number of hydrogen-bond acceptors (Lipinski definition) is 7. The van der Waals surface area contributed by atoms with Crippen LogP contribution in [0.4, 0.5) is 11.6 Å². The van der Waals surface area contributed by atoms with Crippen LogP contribution in [0.1, 0.15) is 42.9 Å². The van der Waals surface area contributed by atoms with Gasteiger partial charge in [-0.05, 0) is 26.2 Å². The van der Waals surface area contributed by atoms with Crippen molar-refractivity contribution in [3.63, 3.8) is 0 Å². The summed E-state index contributed by atoms with van der Waals surface area (Å²) in [7, 11) is 0.